The van der Waals surface area contributed by atoms with Crippen molar-refractivity contribution in [3.63, 3.8) is 0 Å². The van der Waals surface area contributed by atoms with Crippen LogP contribution in [0.1, 0.15) is 79.1 Å². The van der Waals surface area contributed by atoms with Crippen LogP contribution < -0.4 is 0 Å². The highest BCUT2D eigenvalue weighted by Crippen LogP contribution is 2.71. The lowest BCUT2D eigenvalue weighted by Crippen LogP contribution is -2.71. The zero-order valence-corrected chi connectivity index (χ0v) is 24.7. The minimum absolute atomic E-state index is 0.000219. The van der Waals surface area contributed by atoms with Crippen LogP contribution in [0.15, 0.2) is 23.8 Å². The van der Waals surface area contributed by atoms with E-state index in [-0.39, 0.29) is 30.9 Å². The van der Waals surface area contributed by atoms with E-state index in [4.69, 9.17) is 19.5 Å². The van der Waals surface area contributed by atoms with Crippen LogP contribution >= 0.6 is 0 Å². The van der Waals surface area contributed by atoms with E-state index in [1.54, 1.807) is 19.9 Å². The molecule has 0 amide bonds. The van der Waals surface area contributed by atoms with Crippen LogP contribution in [0, 0.1) is 45.8 Å². The molecule has 8 nitrogen and oxygen atoms in total. The van der Waals surface area contributed by atoms with E-state index in [0.717, 1.165) is 25.3 Å². The molecular formula is C32H41F2NO7. The molecule has 9 unspecified atom stereocenters. The zero-order valence-electron chi connectivity index (χ0n) is 24.7. The molecule has 0 aliphatic heterocycles. The second-order valence-corrected chi connectivity index (χ2v) is 13.5. The van der Waals surface area contributed by atoms with Crippen LogP contribution in [-0.2, 0) is 23.8 Å². The second-order valence-electron chi connectivity index (χ2n) is 13.5. The average molecular weight is 590 g/mol. The monoisotopic (exact) mass is 589 g/mol. The van der Waals surface area contributed by atoms with Gasteiger partial charge in [0.25, 0.3) is 0 Å². The molecule has 10 heteroatoms. The summed E-state index contributed by atoms with van der Waals surface area (Å²) >= 11 is 0. The zero-order chi connectivity index (χ0) is 30.7. The average Bonchev–Trinajstić information content (AvgIpc) is 3.17. The number of halogens is 2. The van der Waals surface area contributed by atoms with Gasteiger partial charge in [0.15, 0.2) is 18.1 Å². The third kappa shape index (κ3) is 4.24. The number of aliphatic hydroxyl groups is 1. The Bertz CT molecular complexity index is 1240. The van der Waals surface area contributed by atoms with E-state index in [1.165, 1.54) is 19.1 Å². The van der Waals surface area contributed by atoms with Crippen LogP contribution in [0.25, 0.3) is 0 Å². The number of esters is 1. The van der Waals surface area contributed by atoms with E-state index in [2.05, 4.69) is 6.92 Å². The molecule has 0 aromatic heterocycles. The van der Waals surface area contributed by atoms with Gasteiger partial charge in [-0.25, -0.2) is 18.4 Å². The van der Waals surface area contributed by atoms with Crippen molar-refractivity contribution in [3.8, 4) is 6.07 Å². The van der Waals surface area contributed by atoms with Crippen LogP contribution in [0.4, 0.5) is 13.6 Å². The molecule has 1 N–H and O–H groups in total. The fourth-order valence-corrected chi connectivity index (χ4v) is 9.37. The van der Waals surface area contributed by atoms with Crippen LogP contribution in [0.3, 0.4) is 0 Å². The number of ether oxygens (including phenoxy) is 3. The Hall–Kier alpha value is -2.80. The lowest BCUT2D eigenvalue weighted by atomic mass is 9.44. The van der Waals surface area contributed by atoms with Crippen molar-refractivity contribution in [2.24, 2.45) is 34.5 Å². The summed E-state index contributed by atoms with van der Waals surface area (Å²) in [5.74, 6) is -3.33. The largest absolute Gasteiger partial charge is 0.509 e. The molecule has 5 aliphatic carbocycles. The first-order valence-corrected chi connectivity index (χ1v) is 15.2. The predicted octanol–water partition coefficient (Wildman–Crippen LogP) is 5.48. The van der Waals surface area contributed by atoms with Crippen LogP contribution in [0.2, 0.25) is 0 Å². The van der Waals surface area contributed by atoms with Gasteiger partial charge in [-0.1, -0.05) is 33.3 Å². The Morgan fingerprint density at radius 3 is 2.50 bits per heavy atom. The molecule has 5 aliphatic rings. The minimum Gasteiger partial charge on any atom is -0.447 e. The first-order valence-electron chi connectivity index (χ1n) is 15.2. The summed E-state index contributed by atoms with van der Waals surface area (Å²) in [7, 11) is 0. The molecule has 9 atom stereocenters. The van der Waals surface area contributed by atoms with Crippen LogP contribution in [0.5, 0.6) is 0 Å². The highest BCUT2D eigenvalue weighted by Gasteiger charge is 2.79. The maximum absolute atomic E-state index is 17.5. The van der Waals surface area contributed by atoms with E-state index in [0.29, 0.717) is 18.8 Å². The molecule has 0 heterocycles. The van der Waals surface area contributed by atoms with E-state index in [9.17, 15) is 19.5 Å². The fourth-order valence-electron chi connectivity index (χ4n) is 9.37. The number of carbonyl (C=O) groups excluding carboxylic acids is 3. The van der Waals surface area contributed by atoms with E-state index >= 15 is 8.78 Å². The number of fused-ring (bicyclic) bond motifs is 5. The van der Waals surface area contributed by atoms with Crippen molar-refractivity contribution in [1.82, 2.24) is 0 Å². The van der Waals surface area contributed by atoms with Crippen LogP contribution in [-0.4, -0.2) is 59.3 Å². The van der Waals surface area contributed by atoms with Gasteiger partial charge in [0.1, 0.15) is 18.3 Å². The number of nitrogens with zero attached hydrogens (tertiary/aromatic N) is 1. The van der Waals surface area contributed by atoms with Crippen molar-refractivity contribution in [3.05, 3.63) is 23.8 Å². The number of hydrogen-bond donors (Lipinski definition) is 1. The van der Waals surface area contributed by atoms with E-state index in [1.807, 2.05) is 0 Å². The van der Waals surface area contributed by atoms with Gasteiger partial charge in [0.2, 0.25) is 5.60 Å². The first kappa shape index (κ1) is 30.7. The normalized spacial score (nSPS) is 45.9. The number of carbonyl (C=O) groups is 3. The first-order chi connectivity index (χ1) is 19.8. The lowest BCUT2D eigenvalue weighted by Gasteiger charge is -2.62. The van der Waals surface area contributed by atoms with Gasteiger partial charge in [0.05, 0.1) is 6.10 Å². The summed E-state index contributed by atoms with van der Waals surface area (Å²) in [4.78, 5) is 39.3. The number of allylic oxidation sites excluding steroid dienone is 4. The molecule has 4 saturated carbocycles. The summed E-state index contributed by atoms with van der Waals surface area (Å²) < 4.78 is 50.3. The summed E-state index contributed by atoms with van der Waals surface area (Å²) in [6.07, 6.45) is 2.68. The molecule has 230 valence electrons. The Balaban J connectivity index is 1.51. The van der Waals surface area contributed by atoms with E-state index < -0.39 is 76.6 Å². The molecule has 4 fully saturated rings. The van der Waals surface area contributed by atoms with Gasteiger partial charge in [0, 0.05) is 22.7 Å². The summed E-state index contributed by atoms with van der Waals surface area (Å²) in [5.41, 5.74) is -7.32. The number of rotatable bonds is 5. The van der Waals surface area contributed by atoms with Crippen molar-refractivity contribution in [1.29, 1.82) is 5.26 Å². The van der Waals surface area contributed by atoms with Crippen molar-refractivity contribution in [2.45, 2.75) is 109 Å². The fraction of sp³-hybridized carbons (Fsp3) is 0.750. The summed E-state index contributed by atoms with van der Waals surface area (Å²) in [6.45, 7) is 6.37. The minimum atomic E-state index is -2.35. The molecule has 0 radical (unpaired) electrons. The highest BCUT2D eigenvalue weighted by molar-refractivity contribution is 6.01. The summed E-state index contributed by atoms with van der Waals surface area (Å²) in [5, 5.41) is 20.8. The van der Waals surface area contributed by atoms with Gasteiger partial charge in [-0.2, -0.15) is 5.26 Å². The smallest absolute Gasteiger partial charge is 0.447 e. The standard InChI is InChI=1S/C32H41F2NO7/c1-5-19-6-8-21(9-7-19)41-28(39)42-32(27(38)40-13-12-35)18(2)14-22-23-16-25(33)24-15-20(36)10-11-29(24,3)31(23,34)26(37)17-30(22,32)4/h10-11,15,18-19,21-23,25-26,37H,5-9,13-14,16-17H2,1-4H3. The molecule has 0 aromatic rings. The Labute approximate surface area is 245 Å². The molecule has 0 spiro atoms. The summed E-state index contributed by atoms with van der Waals surface area (Å²) in [6, 6.07) is 1.76. The number of alkyl halides is 2. The number of aliphatic hydroxyl groups excluding tert-OH is 1. The van der Waals surface area contributed by atoms with Gasteiger partial charge in [-0.3, -0.25) is 4.79 Å². The third-order valence-electron chi connectivity index (χ3n) is 11.6. The number of hydrogen-bond acceptors (Lipinski definition) is 8. The molecule has 42 heavy (non-hydrogen) atoms. The Morgan fingerprint density at radius 2 is 1.86 bits per heavy atom. The predicted molar refractivity (Wildman–Crippen MR) is 146 cm³/mol. The molecule has 5 rings (SSSR count). The molecule has 0 aromatic carbocycles. The number of nitriles is 1. The molecule has 0 saturated heterocycles. The second kappa shape index (κ2) is 10.7. The number of ketones is 1. The quantitative estimate of drug-likeness (QED) is 0.419. The molecular weight excluding hydrogens is 548 g/mol. The maximum atomic E-state index is 17.5. The topological polar surface area (TPSA) is 123 Å². The van der Waals surface area contributed by atoms with Crippen molar-refractivity contribution >= 4 is 17.9 Å². The lowest BCUT2D eigenvalue weighted by molar-refractivity contribution is -0.234. The Morgan fingerprint density at radius 1 is 1.17 bits per heavy atom. The SMILES string of the molecule is CCC1CCC(OC(=O)OC2(C(=O)OCC#N)C(C)CC3C4CC(F)C5=CC(=O)C=CC5(C)C4(F)C(O)CC32C)CC1. The van der Waals surface area contributed by atoms with Crippen molar-refractivity contribution in [2.75, 3.05) is 6.61 Å². The Kier molecular flexibility index (Phi) is 7.83. The third-order valence-corrected chi connectivity index (χ3v) is 11.6. The van der Waals surface area contributed by atoms with Gasteiger partial charge >= 0.3 is 12.1 Å². The van der Waals surface area contributed by atoms with Crippen molar-refractivity contribution < 1.29 is 42.5 Å². The van der Waals surface area contributed by atoms with Gasteiger partial charge < -0.3 is 19.3 Å². The highest BCUT2D eigenvalue weighted by atomic mass is 19.1. The molecule has 0 bridgehead atoms. The maximum Gasteiger partial charge on any atom is 0.509 e. The van der Waals surface area contributed by atoms with Gasteiger partial charge in [-0.15, -0.1) is 0 Å². The van der Waals surface area contributed by atoms with Gasteiger partial charge in [-0.05, 0) is 81.4 Å².